The average Bonchev–Trinajstić information content (AvgIpc) is 2.42. The molecule has 104 valence electrons. The summed E-state index contributed by atoms with van der Waals surface area (Å²) in [5.74, 6) is 0.307. The molecule has 19 heavy (non-hydrogen) atoms. The molecule has 1 amide bonds. The Kier molecular flexibility index (Phi) is 5.08. The van der Waals surface area contributed by atoms with Gasteiger partial charge in [-0.1, -0.05) is 23.2 Å². The van der Waals surface area contributed by atoms with Crippen molar-refractivity contribution in [1.29, 1.82) is 0 Å². The van der Waals surface area contributed by atoms with E-state index in [4.69, 9.17) is 23.2 Å². The molecule has 3 nitrogen and oxygen atoms in total. The van der Waals surface area contributed by atoms with Crippen LogP contribution in [0.15, 0.2) is 18.2 Å². The lowest BCUT2D eigenvalue weighted by molar-refractivity contribution is 0.0922. The molecule has 0 bridgehead atoms. The summed E-state index contributed by atoms with van der Waals surface area (Å²) in [6, 6.07) is 5.04. The topological polar surface area (TPSA) is 41.1 Å². The Morgan fingerprint density at radius 3 is 2.95 bits per heavy atom. The highest BCUT2D eigenvalue weighted by Gasteiger charge is 2.22. The highest BCUT2D eigenvalue weighted by Crippen LogP contribution is 2.21. The molecular formula is C14H18Cl2N2O. The predicted octanol–water partition coefficient (Wildman–Crippen LogP) is 3.11. The second-order valence-electron chi connectivity index (χ2n) is 4.99. The fourth-order valence-corrected chi connectivity index (χ4v) is 2.75. The number of amides is 1. The van der Waals surface area contributed by atoms with Crippen molar-refractivity contribution in [2.75, 3.05) is 13.1 Å². The maximum atomic E-state index is 12.2. The minimum absolute atomic E-state index is 0.121. The molecule has 2 unspecified atom stereocenters. The summed E-state index contributed by atoms with van der Waals surface area (Å²) in [4.78, 5) is 12.2. The van der Waals surface area contributed by atoms with Crippen LogP contribution in [0.5, 0.6) is 0 Å². The molecule has 1 aromatic carbocycles. The molecular weight excluding hydrogens is 283 g/mol. The number of carbonyl (C=O) groups excluding carboxylic acids is 1. The van der Waals surface area contributed by atoms with Crippen LogP contribution >= 0.6 is 23.2 Å². The van der Waals surface area contributed by atoms with Crippen LogP contribution in [0.1, 0.15) is 30.1 Å². The van der Waals surface area contributed by atoms with Crippen LogP contribution in [0.25, 0.3) is 0 Å². The third-order valence-corrected chi connectivity index (χ3v) is 4.14. The molecule has 1 heterocycles. The zero-order valence-corrected chi connectivity index (χ0v) is 12.4. The van der Waals surface area contributed by atoms with Crippen LogP contribution in [0, 0.1) is 5.92 Å². The predicted molar refractivity (Wildman–Crippen MR) is 79.0 cm³/mol. The van der Waals surface area contributed by atoms with E-state index in [-0.39, 0.29) is 11.9 Å². The van der Waals surface area contributed by atoms with Crippen molar-refractivity contribution in [3.05, 3.63) is 33.8 Å². The van der Waals surface area contributed by atoms with Gasteiger partial charge in [0, 0.05) is 11.1 Å². The van der Waals surface area contributed by atoms with Gasteiger partial charge in [-0.3, -0.25) is 4.79 Å². The van der Waals surface area contributed by atoms with Crippen molar-refractivity contribution in [1.82, 2.24) is 10.6 Å². The standard InChI is InChI=1S/C14H18Cl2N2O/c1-9(10-3-2-6-17-8-10)18-14(19)12-7-11(15)4-5-13(12)16/h4-5,7,9-10,17H,2-3,6,8H2,1H3,(H,18,19). The van der Waals surface area contributed by atoms with Gasteiger partial charge in [-0.25, -0.2) is 0 Å². The van der Waals surface area contributed by atoms with E-state index < -0.39 is 0 Å². The Morgan fingerprint density at radius 2 is 2.26 bits per heavy atom. The van der Waals surface area contributed by atoms with Gasteiger partial charge in [-0.15, -0.1) is 0 Å². The smallest absolute Gasteiger partial charge is 0.253 e. The van der Waals surface area contributed by atoms with Crippen LogP contribution < -0.4 is 10.6 Å². The summed E-state index contributed by atoms with van der Waals surface area (Å²) >= 11 is 11.9. The summed E-state index contributed by atoms with van der Waals surface area (Å²) in [5.41, 5.74) is 0.435. The molecule has 1 aliphatic heterocycles. The van der Waals surface area contributed by atoms with Gasteiger partial charge < -0.3 is 10.6 Å². The van der Waals surface area contributed by atoms with Crippen molar-refractivity contribution >= 4 is 29.1 Å². The van der Waals surface area contributed by atoms with Crippen molar-refractivity contribution in [2.24, 2.45) is 5.92 Å². The molecule has 0 saturated carbocycles. The zero-order valence-electron chi connectivity index (χ0n) is 10.9. The molecule has 5 heteroatoms. The largest absolute Gasteiger partial charge is 0.349 e. The molecule has 1 aromatic rings. The van der Waals surface area contributed by atoms with E-state index in [2.05, 4.69) is 10.6 Å². The van der Waals surface area contributed by atoms with E-state index in [0.29, 0.717) is 21.5 Å². The molecule has 0 radical (unpaired) electrons. The Balaban J connectivity index is 2.01. The SMILES string of the molecule is CC(NC(=O)c1cc(Cl)ccc1Cl)C1CCCNC1. The highest BCUT2D eigenvalue weighted by atomic mass is 35.5. The number of hydrogen-bond donors (Lipinski definition) is 2. The molecule has 2 atom stereocenters. The second kappa shape index (κ2) is 6.60. The Bertz CT molecular complexity index is 459. The molecule has 2 N–H and O–H groups in total. The summed E-state index contributed by atoms with van der Waals surface area (Å²) in [6.07, 6.45) is 2.29. The molecule has 0 aliphatic carbocycles. The first-order chi connectivity index (χ1) is 9.08. The molecule has 1 aliphatic rings. The van der Waals surface area contributed by atoms with Crippen LogP contribution in [0.2, 0.25) is 10.0 Å². The van der Waals surface area contributed by atoms with E-state index in [9.17, 15) is 4.79 Å². The fourth-order valence-electron chi connectivity index (χ4n) is 2.38. The summed E-state index contributed by atoms with van der Waals surface area (Å²) in [5, 5.41) is 7.30. The van der Waals surface area contributed by atoms with Gasteiger partial charge in [0.05, 0.1) is 10.6 Å². The van der Waals surface area contributed by atoms with Gasteiger partial charge in [-0.2, -0.15) is 0 Å². The van der Waals surface area contributed by atoms with Gasteiger partial charge >= 0.3 is 0 Å². The van der Waals surface area contributed by atoms with Crippen LogP contribution in [-0.4, -0.2) is 25.0 Å². The third kappa shape index (κ3) is 3.85. The molecule has 0 aromatic heterocycles. The van der Waals surface area contributed by atoms with E-state index in [1.54, 1.807) is 18.2 Å². The third-order valence-electron chi connectivity index (χ3n) is 3.57. The number of carbonyl (C=O) groups is 1. The molecule has 1 saturated heterocycles. The number of halogens is 2. The lowest BCUT2D eigenvalue weighted by atomic mass is 9.92. The van der Waals surface area contributed by atoms with Crippen molar-refractivity contribution in [3.8, 4) is 0 Å². The lowest BCUT2D eigenvalue weighted by Gasteiger charge is -2.29. The van der Waals surface area contributed by atoms with Crippen molar-refractivity contribution in [3.63, 3.8) is 0 Å². The first-order valence-corrected chi connectivity index (χ1v) is 7.30. The van der Waals surface area contributed by atoms with E-state index >= 15 is 0 Å². The quantitative estimate of drug-likeness (QED) is 0.900. The van der Waals surface area contributed by atoms with Gasteiger partial charge in [0.25, 0.3) is 5.91 Å². The highest BCUT2D eigenvalue weighted by molar-refractivity contribution is 6.35. The van der Waals surface area contributed by atoms with Crippen LogP contribution in [-0.2, 0) is 0 Å². The Hall–Kier alpha value is -0.770. The molecule has 1 fully saturated rings. The second-order valence-corrected chi connectivity index (χ2v) is 5.84. The molecule has 0 spiro atoms. The number of nitrogens with one attached hydrogen (secondary N) is 2. The maximum absolute atomic E-state index is 12.2. The summed E-state index contributed by atoms with van der Waals surface area (Å²) in [7, 11) is 0. The van der Waals surface area contributed by atoms with Gasteiger partial charge in [0.2, 0.25) is 0 Å². The fraction of sp³-hybridized carbons (Fsp3) is 0.500. The number of rotatable bonds is 3. The van der Waals surface area contributed by atoms with Crippen molar-refractivity contribution in [2.45, 2.75) is 25.8 Å². The monoisotopic (exact) mass is 300 g/mol. The van der Waals surface area contributed by atoms with E-state index in [0.717, 1.165) is 25.9 Å². The van der Waals surface area contributed by atoms with Gasteiger partial charge in [0.1, 0.15) is 0 Å². The average molecular weight is 301 g/mol. The lowest BCUT2D eigenvalue weighted by Crippen LogP contribution is -2.44. The first kappa shape index (κ1) is 14.6. The number of benzene rings is 1. The minimum Gasteiger partial charge on any atom is -0.349 e. The maximum Gasteiger partial charge on any atom is 0.253 e. The number of hydrogen-bond acceptors (Lipinski definition) is 2. The molecule has 2 rings (SSSR count). The van der Waals surface area contributed by atoms with Gasteiger partial charge in [-0.05, 0) is 57.0 Å². The van der Waals surface area contributed by atoms with E-state index in [1.807, 2.05) is 6.92 Å². The Labute approximate surface area is 123 Å². The Morgan fingerprint density at radius 1 is 1.47 bits per heavy atom. The summed E-state index contributed by atoms with van der Waals surface area (Å²) in [6.45, 7) is 4.05. The van der Waals surface area contributed by atoms with Gasteiger partial charge in [0.15, 0.2) is 0 Å². The summed E-state index contributed by atoms with van der Waals surface area (Å²) < 4.78 is 0. The van der Waals surface area contributed by atoms with Crippen molar-refractivity contribution < 1.29 is 4.79 Å². The van der Waals surface area contributed by atoms with Crippen LogP contribution in [0.4, 0.5) is 0 Å². The zero-order chi connectivity index (χ0) is 13.8. The normalized spacial score (nSPS) is 20.9. The number of piperidine rings is 1. The van der Waals surface area contributed by atoms with E-state index in [1.165, 1.54) is 0 Å². The van der Waals surface area contributed by atoms with Crippen LogP contribution in [0.3, 0.4) is 0 Å². The first-order valence-electron chi connectivity index (χ1n) is 6.54. The minimum atomic E-state index is -0.162.